The van der Waals surface area contributed by atoms with E-state index < -0.39 is 0 Å². The van der Waals surface area contributed by atoms with Gasteiger partial charge in [0.25, 0.3) is 0 Å². The van der Waals surface area contributed by atoms with E-state index in [1.54, 1.807) is 0 Å². The summed E-state index contributed by atoms with van der Waals surface area (Å²) in [7, 11) is 0. The number of aryl methyl sites for hydroxylation is 2. The third kappa shape index (κ3) is 12.1. The number of ether oxygens (including phenoxy) is 1. The summed E-state index contributed by atoms with van der Waals surface area (Å²) in [6.07, 6.45) is 19.6. The second-order valence-corrected chi connectivity index (χ2v) is 7.71. The molecule has 0 aliphatic carbocycles. The van der Waals surface area contributed by atoms with Crippen molar-refractivity contribution in [2.24, 2.45) is 0 Å². The van der Waals surface area contributed by atoms with Gasteiger partial charge in [-0.25, -0.2) is 0 Å². The molecule has 0 spiro atoms. The van der Waals surface area contributed by atoms with E-state index in [0.717, 1.165) is 12.4 Å². The van der Waals surface area contributed by atoms with Gasteiger partial charge < -0.3 is 4.74 Å². The van der Waals surface area contributed by atoms with Gasteiger partial charge in [0, 0.05) is 0 Å². The van der Waals surface area contributed by atoms with Gasteiger partial charge in [0.2, 0.25) is 0 Å². The molecule has 25 heavy (non-hydrogen) atoms. The number of rotatable bonds is 16. The van der Waals surface area contributed by atoms with Gasteiger partial charge in [-0.3, -0.25) is 0 Å². The number of hydrogen-bond acceptors (Lipinski definition) is 1. The van der Waals surface area contributed by atoms with Crippen LogP contribution < -0.4 is 4.74 Å². The maximum Gasteiger partial charge on any atom is 0.122 e. The Morgan fingerprint density at radius 3 is 1.64 bits per heavy atom. The van der Waals surface area contributed by atoms with E-state index in [-0.39, 0.29) is 0 Å². The van der Waals surface area contributed by atoms with Crippen molar-refractivity contribution < 1.29 is 4.74 Å². The van der Waals surface area contributed by atoms with Crippen LogP contribution in [0.25, 0.3) is 0 Å². The van der Waals surface area contributed by atoms with Crippen LogP contribution in [0.3, 0.4) is 0 Å². The minimum atomic E-state index is 0.863. The largest absolute Gasteiger partial charge is 0.493 e. The quantitative estimate of drug-likeness (QED) is 0.274. The molecule has 0 aliphatic rings. The molecule has 1 aromatic rings. The average Bonchev–Trinajstić information content (AvgIpc) is 2.61. The van der Waals surface area contributed by atoms with Crippen molar-refractivity contribution in [1.29, 1.82) is 0 Å². The SMILES string of the molecule is CCCCCCCCCCCCCCCCOc1cc(C)ccc1C. The summed E-state index contributed by atoms with van der Waals surface area (Å²) in [5, 5.41) is 0. The maximum absolute atomic E-state index is 5.92. The highest BCUT2D eigenvalue weighted by Gasteiger charge is 1.99. The van der Waals surface area contributed by atoms with E-state index in [4.69, 9.17) is 4.74 Å². The lowest BCUT2D eigenvalue weighted by molar-refractivity contribution is 0.302. The fourth-order valence-electron chi connectivity index (χ4n) is 3.34. The van der Waals surface area contributed by atoms with Crippen molar-refractivity contribution in [2.75, 3.05) is 6.61 Å². The third-order valence-electron chi connectivity index (χ3n) is 5.10. The Labute approximate surface area is 157 Å². The van der Waals surface area contributed by atoms with Gasteiger partial charge in [0.15, 0.2) is 0 Å². The molecule has 0 N–H and O–H groups in total. The molecule has 0 atom stereocenters. The number of hydrogen-bond donors (Lipinski definition) is 0. The molecule has 1 rings (SSSR count). The Kier molecular flexibility index (Phi) is 13.5. The van der Waals surface area contributed by atoms with Crippen LogP contribution in [0.15, 0.2) is 18.2 Å². The average molecular weight is 347 g/mol. The molecule has 1 aromatic carbocycles. The highest BCUT2D eigenvalue weighted by Crippen LogP contribution is 2.19. The molecule has 0 radical (unpaired) electrons. The summed E-state index contributed by atoms with van der Waals surface area (Å²) in [6.45, 7) is 7.40. The van der Waals surface area contributed by atoms with Crippen molar-refractivity contribution in [2.45, 2.75) is 111 Å². The number of unbranched alkanes of at least 4 members (excludes halogenated alkanes) is 13. The monoisotopic (exact) mass is 346 g/mol. The van der Waals surface area contributed by atoms with Gasteiger partial charge in [-0.05, 0) is 37.5 Å². The number of benzene rings is 1. The van der Waals surface area contributed by atoms with Gasteiger partial charge in [0.05, 0.1) is 6.61 Å². The Bertz CT molecular complexity index is 424. The molecule has 0 saturated carbocycles. The zero-order valence-electron chi connectivity index (χ0n) is 17.2. The van der Waals surface area contributed by atoms with E-state index in [1.807, 2.05) is 0 Å². The lowest BCUT2D eigenvalue weighted by atomic mass is 10.0. The van der Waals surface area contributed by atoms with E-state index in [1.165, 1.54) is 101 Å². The van der Waals surface area contributed by atoms with Crippen LogP contribution in [-0.4, -0.2) is 6.61 Å². The highest BCUT2D eigenvalue weighted by molar-refractivity contribution is 5.35. The Balaban J connectivity index is 1.82. The first kappa shape index (κ1) is 22.1. The molecular weight excluding hydrogens is 304 g/mol. The van der Waals surface area contributed by atoms with Crippen molar-refractivity contribution in [1.82, 2.24) is 0 Å². The molecule has 0 saturated heterocycles. The van der Waals surface area contributed by atoms with E-state index in [9.17, 15) is 0 Å². The smallest absolute Gasteiger partial charge is 0.122 e. The zero-order chi connectivity index (χ0) is 18.2. The molecule has 0 fully saturated rings. The molecule has 1 heteroatoms. The van der Waals surface area contributed by atoms with Crippen molar-refractivity contribution in [3.63, 3.8) is 0 Å². The molecule has 0 amide bonds. The fourth-order valence-corrected chi connectivity index (χ4v) is 3.34. The molecule has 0 bridgehead atoms. The van der Waals surface area contributed by atoms with Gasteiger partial charge in [-0.15, -0.1) is 0 Å². The van der Waals surface area contributed by atoms with Gasteiger partial charge >= 0.3 is 0 Å². The fraction of sp³-hybridized carbons (Fsp3) is 0.750. The minimum Gasteiger partial charge on any atom is -0.493 e. The second kappa shape index (κ2) is 15.3. The highest BCUT2D eigenvalue weighted by atomic mass is 16.5. The Morgan fingerprint density at radius 1 is 0.640 bits per heavy atom. The van der Waals surface area contributed by atoms with Crippen molar-refractivity contribution in [3.05, 3.63) is 29.3 Å². The predicted molar refractivity (Wildman–Crippen MR) is 112 cm³/mol. The van der Waals surface area contributed by atoms with Gasteiger partial charge in [0.1, 0.15) is 5.75 Å². The standard InChI is InChI=1S/C24H42O/c1-4-5-6-7-8-9-10-11-12-13-14-15-16-17-20-25-24-21-22(2)18-19-23(24)3/h18-19,21H,4-17,20H2,1-3H3. The molecule has 0 aliphatic heterocycles. The molecule has 0 unspecified atom stereocenters. The van der Waals surface area contributed by atoms with Crippen molar-refractivity contribution in [3.8, 4) is 5.75 Å². The summed E-state index contributed by atoms with van der Waals surface area (Å²) in [5.41, 5.74) is 2.53. The first-order chi connectivity index (χ1) is 12.2. The first-order valence-corrected chi connectivity index (χ1v) is 10.9. The maximum atomic E-state index is 5.92. The Hall–Kier alpha value is -0.980. The normalized spacial score (nSPS) is 11.0. The van der Waals surface area contributed by atoms with Crippen LogP contribution >= 0.6 is 0 Å². The summed E-state index contributed by atoms with van der Waals surface area (Å²) >= 11 is 0. The third-order valence-corrected chi connectivity index (χ3v) is 5.10. The molecule has 0 heterocycles. The summed E-state index contributed by atoms with van der Waals surface area (Å²) in [6, 6.07) is 6.45. The Morgan fingerprint density at radius 2 is 1.12 bits per heavy atom. The summed E-state index contributed by atoms with van der Waals surface area (Å²) < 4.78 is 5.92. The lowest BCUT2D eigenvalue weighted by Crippen LogP contribution is -1.99. The van der Waals surface area contributed by atoms with Crippen LogP contribution in [-0.2, 0) is 0 Å². The lowest BCUT2D eigenvalue weighted by Gasteiger charge is -2.09. The summed E-state index contributed by atoms with van der Waals surface area (Å²) in [5.74, 6) is 1.06. The van der Waals surface area contributed by atoms with Gasteiger partial charge in [-0.2, -0.15) is 0 Å². The van der Waals surface area contributed by atoms with E-state index in [0.29, 0.717) is 0 Å². The molecule has 144 valence electrons. The molecular formula is C24H42O. The minimum absolute atomic E-state index is 0.863. The van der Waals surface area contributed by atoms with Crippen molar-refractivity contribution >= 4 is 0 Å². The predicted octanol–water partition coefficient (Wildman–Crippen LogP) is 8.16. The zero-order valence-corrected chi connectivity index (χ0v) is 17.2. The summed E-state index contributed by atoms with van der Waals surface area (Å²) in [4.78, 5) is 0. The molecule has 0 aromatic heterocycles. The molecule has 1 nitrogen and oxygen atoms in total. The van der Waals surface area contributed by atoms with Crippen LogP contribution in [0.1, 0.15) is 108 Å². The van der Waals surface area contributed by atoms with Crippen LogP contribution in [0.4, 0.5) is 0 Å². The first-order valence-electron chi connectivity index (χ1n) is 10.9. The second-order valence-electron chi connectivity index (χ2n) is 7.71. The van der Waals surface area contributed by atoms with Crippen LogP contribution in [0, 0.1) is 13.8 Å². The van der Waals surface area contributed by atoms with Crippen LogP contribution in [0.5, 0.6) is 5.75 Å². The topological polar surface area (TPSA) is 9.23 Å². The van der Waals surface area contributed by atoms with E-state index in [2.05, 4.69) is 39.0 Å². The van der Waals surface area contributed by atoms with Crippen LogP contribution in [0.2, 0.25) is 0 Å². The van der Waals surface area contributed by atoms with Gasteiger partial charge in [-0.1, -0.05) is 103 Å². The van der Waals surface area contributed by atoms with E-state index >= 15 is 0 Å².